The summed E-state index contributed by atoms with van der Waals surface area (Å²) < 4.78 is 323. The number of hydrogen-bond donors (Lipinski definition) is 6. The maximum Gasteiger partial charge on any atom is 0.416 e. The zero-order valence-corrected chi connectivity index (χ0v) is 56.5. The van der Waals surface area contributed by atoms with Gasteiger partial charge in [0, 0.05) is 0 Å². The molecule has 19 nitrogen and oxygen atoms in total. The fourth-order valence-electron chi connectivity index (χ4n) is 8.29. The van der Waals surface area contributed by atoms with Gasteiger partial charge < -0.3 is 4.74 Å². The summed E-state index contributed by atoms with van der Waals surface area (Å²) >= 11 is 0. The minimum Gasteiger partial charge on any atom is -0.497 e. The van der Waals surface area contributed by atoms with Gasteiger partial charge in [-0.3, -0.25) is 28.3 Å². The fourth-order valence-corrected chi connectivity index (χ4v) is 14.9. The van der Waals surface area contributed by atoms with E-state index >= 15 is 0 Å². The predicted molar refractivity (Wildman–Crippen MR) is 356 cm³/mol. The van der Waals surface area contributed by atoms with Gasteiger partial charge in [-0.25, -0.2) is 50.5 Å². The van der Waals surface area contributed by atoms with Crippen LogP contribution in [0.1, 0.15) is 22.3 Å². The van der Waals surface area contributed by atoms with Crippen molar-refractivity contribution in [3.8, 4) is 5.75 Å². The number of sulfonamides is 6. The number of nitrogens with one attached hydrogen (secondary N) is 6. The molecule has 102 heavy (non-hydrogen) atoms. The Balaban J connectivity index is 0.000000204. The smallest absolute Gasteiger partial charge is 0.416 e. The Labute approximate surface area is 577 Å². The van der Waals surface area contributed by atoms with E-state index in [1.807, 2.05) is 39.8 Å². The number of hydrogen-bond acceptors (Lipinski definition) is 13. The molecule has 0 aliphatic heterocycles. The van der Waals surface area contributed by atoms with Crippen molar-refractivity contribution < 1.29 is 108 Å². The lowest BCUT2D eigenvalue weighted by atomic mass is 10.2. The van der Waals surface area contributed by atoms with Crippen LogP contribution in [0.4, 0.5) is 86.8 Å². The third-order valence-corrected chi connectivity index (χ3v) is 21.5. The third kappa shape index (κ3) is 22.1. The van der Waals surface area contributed by atoms with Gasteiger partial charge in [-0.2, -0.15) is 52.7 Å². The van der Waals surface area contributed by atoms with Crippen molar-refractivity contribution in [3.05, 3.63) is 283 Å². The molecule has 10 aromatic rings. The van der Waals surface area contributed by atoms with Crippen molar-refractivity contribution in [2.75, 3.05) is 35.4 Å². The van der Waals surface area contributed by atoms with Crippen LogP contribution >= 0.6 is 0 Å². The molecular weight excluding hydrogens is 1490 g/mol. The van der Waals surface area contributed by atoms with Gasteiger partial charge in [0.1, 0.15) is 5.75 Å². The highest BCUT2D eigenvalue weighted by Crippen LogP contribution is 2.37. The fraction of sp³-hybridized carbons (Fsp3) is 0.0769. The second-order valence-corrected chi connectivity index (χ2v) is 30.6. The first kappa shape index (κ1) is 79.0. The highest BCUT2D eigenvalue weighted by molar-refractivity contribution is 7.94. The van der Waals surface area contributed by atoms with Crippen LogP contribution < -0.4 is 33.1 Å². The molecule has 0 fully saturated rings. The number of halogens is 12. The summed E-state index contributed by atoms with van der Waals surface area (Å²) in [5.41, 5.74) is -5.54. The average molecular weight is 1550 g/mol. The standard InChI is InChI=1S/2C20H14F6N2O4S2.C18H16N2O4S2.C7H8O/c21-19(22,23)13-5-3-7-15(11-13)33(29,30)27-17-9-1-2-10-18(17)28-34(31,32)16-8-4-6-14(12-16)20(24,25)26;21-19(22,23)13-5-9-15(10-6-13)33(29,30)27-17-3-1-2-4-18(17)28-34(31,32)16-11-7-14(8-12-16)20(24,25)26;21-25(22,15-9-3-1-4-10-15)19-17-13-7-8-14-18(17)20-26(23,24)16-11-5-2-6-12-16;1-8-7-5-3-2-4-6-7/h2*1-12,27-28H;1-14,19-20H;2-6H,1H3. The SMILES string of the molecule is COc1ccccc1.O=S(=O)(Nc1ccccc1NS(=O)(=O)c1ccc(C(F)(F)F)cc1)c1ccc(C(F)(F)F)cc1.O=S(=O)(Nc1ccccc1NS(=O)(=O)c1cccc(C(F)(F)F)c1)c1cccc(C(F)(F)F)c1.O=S(=O)(Nc1ccccc1NS(=O)(=O)c1ccccc1)c1ccccc1. The van der Waals surface area contributed by atoms with Gasteiger partial charge in [-0.05, 0) is 158 Å². The number of anilines is 6. The first-order chi connectivity index (χ1) is 47.5. The van der Waals surface area contributed by atoms with E-state index in [1.165, 1.54) is 72.8 Å². The van der Waals surface area contributed by atoms with Crippen molar-refractivity contribution in [1.82, 2.24) is 0 Å². The molecule has 0 spiro atoms. The molecule has 0 unspecified atom stereocenters. The Morgan fingerprint density at radius 1 is 0.225 bits per heavy atom. The molecule has 0 saturated carbocycles. The van der Waals surface area contributed by atoms with Crippen LogP contribution in [0.25, 0.3) is 0 Å². The third-order valence-electron chi connectivity index (χ3n) is 13.3. The summed E-state index contributed by atoms with van der Waals surface area (Å²) in [7, 11) is -24.1. The summed E-state index contributed by atoms with van der Waals surface area (Å²) in [4.78, 5) is -2.33. The van der Waals surface area contributed by atoms with Gasteiger partial charge >= 0.3 is 24.7 Å². The number of para-hydroxylation sites is 7. The van der Waals surface area contributed by atoms with E-state index in [2.05, 4.69) is 18.9 Å². The first-order valence-electron chi connectivity index (χ1n) is 28.3. The molecule has 0 aliphatic rings. The molecule has 0 radical (unpaired) electrons. The van der Waals surface area contributed by atoms with Gasteiger partial charge in [0.2, 0.25) is 0 Å². The van der Waals surface area contributed by atoms with Crippen molar-refractivity contribution in [1.29, 1.82) is 0 Å². The minimum absolute atomic E-state index is 0.0840. The maximum absolute atomic E-state index is 12.9. The van der Waals surface area contributed by atoms with Crippen molar-refractivity contribution in [2.45, 2.75) is 54.1 Å². The highest BCUT2D eigenvalue weighted by Gasteiger charge is 2.35. The Bertz CT molecular complexity index is 4940. The van der Waals surface area contributed by atoms with Crippen LogP contribution in [0.2, 0.25) is 0 Å². The molecule has 10 rings (SSSR count). The molecule has 0 aliphatic carbocycles. The van der Waals surface area contributed by atoms with Gasteiger partial charge in [-0.15, -0.1) is 0 Å². The van der Waals surface area contributed by atoms with E-state index in [0.717, 1.165) is 66.4 Å². The van der Waals surface area contributed by atoms with Crippen LogP contribution in [-0.2, 0) is 84.8 Å². The number of ether oxygens (including phenoxy) is 1. The number of alkyl halides is 12. The number of rotatable bonds is 19. The minimum atomic E-state index is -4.80. The predicted octanol–water partition coefficient (Wildman–Crippen LogP) is 15.6. The molecule has 0 heterocycles. The molecule has 0 saturated heterocycles. The summed E-state index contributed by atoms with van der Waals surface area (Å²) in [5.74, 6) is 0.910. The number of methoxy groups -OCH3 is 1. The highest BCUT2D eigenvalue weighted by atomic mass is 32.2. The van der Waals surface area contributed by atoms with E-state index in [-0.39, 0.29) is 43.9 Å². The molecule has 37 heteroatoms. The van der Waals surface area contributed by atoms with Crippen molar-refractivity contribution in [2.24, 2.45) is 0 Å². The quantitative estimate of drug-likeness (QED) is 0.0411. The molecular formula is C65H52F12N6O13S6. The second kappa shape index (κ2) is 32.1. The average Bonchev–Trinajstić information content (AvgIpc) is 0.809. The van der Waals surface area contributed by atoms with Gasteiger partial charge in [-0.1, -0.05) is 103 Å². The van der Waals surface area contributed by atoms with Crippen LogP contribution in [-0.4, -0.2) is 57.6 Å². The molecule has 0 atom stereocenters. The van der Waals surface area contributed by atoms with Gasteiger partial charge in [0.05, 0.1) is 92.9 Å². The second-order valence-electron chi connectivity index (χ2n) is 20.5. The summed E-state index contributed by atoms with van der Waals surface area (Å²) in [6.07, 6.45) is -18.9. The van der Waals surface area contributed by atoms with Crippen LogP contribution in [0, 0.1) is 0 Å². The lowest BCUT2D eigenvalue weighted by molar-refractivity contribution is -0.138. The lowest BCUT2D eigenvalue weighted by Gasteiger charge is -2.16. The molecule has 0 aromatic heterocycles. The van der Waals surface area contributed by atoms with Crippen molar-refractivity contribution >= 4 is 94.3 Å². The van der Waals surface area contributed by atoms with E-state index in [4.69, 9.17) is 4.74 Å². The first-order valence-corrected chi connectivity index (χ1v) is 37.2. The zero-order chi connectivity index (χ0) is 75.2. The maximum atomic E-state index is 12.9. The summed E-state index contributed by atoms with van der Waals surface area (Å²) in [5, 5.41) is 0. The van der Waals surface area contributed by atoms with E-state index in [1.54, 1.807) is 55.6 Å². The van der Waals surface area contributed by atoms with Gasteiger partial charge in [0.15, 0.2) is 0 Å². The Morgan fingerprint density at radius 2 is 0.422 bits per heavy atom. The van der Waals surface area contributed by atoms with Crippen LogP contribution in [0.5, 0.6) is 5.75 Å². The summed E-state index contributed by atoms with van der Waals surface area (Å²) in [6, 6.07) is 52.5. The van der Waals surface area contributed by atoms with Crippen LogP contribution in [0.3, 0.4) is 0 Å². The number of benzene rings is 10. The molecule has 0 bridgehead atoms. The van der Waals surface area contributed by atoms with E-state index in [0.29, 0.717) is 48.5 Å². The monoisotopic (exact) mass is 1540 g/mol. The molecule has 540 valence electrons. The molecule has 6 N–H and O–H groups in total. The Kier molecular flexibility index (Phi) is 24.9. The molecule has 0 amide bonds. The van der Waals surface area contributed by atoms with Crippen molar-refractivity contribution in [3.63, 3.8) is 0 Å². The largest absolute Gasteiger partial charge is 0.497 e. The normalized spacial score (nSPS) is 12.2. The Hall–Kier alpha value is -10.3. The lowest BCUT2D eigenvalue weighted by Crippen LogP contribution is -2.18. The van der Waals surface area contributed by atoms with E-state index in [9.17, 15) is 103 Å². The summed E-state index contributed by atoms with van der Waals surface area (Å²) in [6.45, 7) is 0. The molecule has 10 aromatic carbocycles. The van der Waals surface area contributed by atoms with Gasteiger partial charge in [0.25, 0.3) is 60.1 Å². The topological polar surface area (TPSA) is 286 Å². The van der Waals surface area contributed by atoms with Crippen LogP contribution in [0.15, 0.2) is 290 Å². The Morgan fingerprint density at radius 3 is 0.637 bits per heavy atom. The van der Waals surface area contributed by atoms with E-state index < -0.39 is 127 Å². The zero-order valence-electron chi connectivity index (χ0n) is 51.6.